The van der Waals surface area contributed by atoms with Crippen LogP contribution >= 0.6 is 0 Å². The van der Waals surface area contributed by atoms with Crippen molar-refractivity contribution in [2.75, 3.05) is 13.3 Å². The minimum atomic E-state index is -0.394. The summed E-state index contributed by atoms with van der Waals surface area (Å²) >= 11 is 0. The summed E-state index contributed by atoms with van der Waals surface area (Å²) in [4.78, 5) is 43.6. The molecule has 1 aliphatic heterocycles. The molecule has 0 spiro atoms. The monoisotopic (exact) mass is 544 g/mol. The molecule has 9 heteroatoms. The van der Waals surface area contributed by atoms with Crippen LogP contribution in [0, 0.1) is 5.82 Å². The summed E-state index contributed by atoms with van der Waals surface area (Å²) < 4.78 is 30.0. The van der Waals surface area contributed by atoms with E-state index in [9.17, 15) is 18.8 Å². The van der Waals surface area contributed by atoms with Crippen LogP contribution in [0.25, 0.3) is 11.0 Å². The summed E-state index contributed by atoms with van der Waals surface area (Å²) in [6, 6.07) is 17.4. The van der Waals surface area contributed by atoms with Crippen molar-refractivity contribution < 1.29 is 27.9 Å². The van der Waals surface area contributed by atoms with E-state index in [0.717, 1.165) is 0 Å². The quantitative estimate of drug-likeness (QED) is 0.290. The van der Waals surface area contributed by atoms with Gasteiger partial charge in [-0.1, -0.05) is 31.2 Å². The first-order chi connectivity index (χ1) is 19.3. The number of benzene rings is 3. The minimum absolute atomic E-state index is 0.0457. The van der Waals surface area contributed by atoms with Gasteiger partial charge >= 0.3 is 0 Å². The minimum Gasteiger partial charge on any atom is -0.464 e. The average molecular weight is 545 g/mol. The van der Waals surface area contributed by atoms with Gasteiger partial charge in [-0.05, 0) is 61.4 Å². The van der Waals surface area contributed by atoms with Gasteiger partial charge in [0.25, 0.3) is 5.91 Å². The Balaban J connectivity index is 1.44. The van der Waals surface area contributed by atoms with Crippen LogP contribution in [0.15, 0.2) is 82.2 Å². The second-order valence-electron chi connectivity index (χ2n) is 9.72. The molecule has 0 radical (unpaired) electrons. The van der Waals surface area contributed by atoms with Gasteiger partial charge in [-0.3, -0.25) is 14.4 Å². The van der Waals surface area contributed by atoms with Gasteiger partial charge in [0.05, 0.1) is 23.8 Å². The Hall–Kier alpha value is -4.66. The Morgan fingerprint density at radius 3 is 2.50 bits per heavy atom. The lowest BCUT2D eigenvalue weighted by Gasteiger charge is -2.31. The number of halogens is 1. The Bertz CT molecular complexity index is 1600. The number of carbonyl (C=O) groups is 2. The lowest BCUT2D eigenvalue weighted by molar-refractivity contribution is -0.133. The molecule has 4 aromatic rings. The van der Waals surface area contributed by atoms with Crippen molar-refractivity contribution in [1.29, 1.82) is 0 Å². The number of rotatable bonds is 9. The number of para-hydroxylation sites is 1. The number of amides is 2. The summed E-state index contributed by atoms with van der Waals surface area (Å²) in [5.74, 6) is -0.0575. The van der Waals surface area contributed by atoms with Gasteiger partial charge in [-0.25, -0.2) is 4.39 Å². The normalized spacial score (nSPS) is 12.8. The Kier molecular flexibility index (Phi) is 7.82. The number of hydrogen-bond acceptors (Lipinski definition) is 6. The molecule has 2 heterocycles. The first-order valence-electron chi connectivity index (χ1n) is 13.1. The van der Waals surface area contributed by atoms with Gasteiger partial charge in [0.2, 0.25) is 12.7 Å². The van der Waals surface area contributed by atoms with Gasteiger partial charge in [-0.15, -0.1) is 0 Å². The molecule has 8 nitrogen and oxygen atoms in total. The number of fused-ring (bicyclic) bond motifs is 2. The van der Waals surface area contributed by atoms with E-state index in [1.807, 2.05) is 13.8 Å². The first kappa shape index (κ1) is 26.9. The summed E-state index contributed by atoms with van der Waals surface area (Å²) in [5.41, 5.74) is 1.56. The fourth-order valence-corrected chi connectivity index (χ4v) is 4.56. The van der Waals surface area contributed by atoms with Crippen LogP contribution in [-0.2, 0) is 17.9 Å². The summed E-state index contributed by atoms with van der Waals surface area (Å²) in [5, 5.41) is 0.411. The van der Waals surface area contributed by atoms with Gasteiger partial charge in [0.15, 0.2) is 16.9 Å². The predicted molar refractivity (Wildman–Crippen MR) is 146 cm³/mol. The maximum atomic E-state index is 13.8. The molecule has 206 valence electrons. The number of hydrogen-bond donors (Lipinski definition) is 0. The maximum absolute atomic E-state index is 13.8. The van der Waals surface area contributed by atoms with E-state index >= 15 is 0 Å². The molecule has 0 saturated heterocycles. The van der Waals surface area contributed by atoms with Crippen LogP contribution in [-0.4, -0.2) is 41.0 Å². The number of ether oxygens (including phenoxy) is 2. The Morgan fingerprint density at radius 2 is 1.73 bits per heavy atom. The highest BCUT2D eigenvalue weighted by Crippen LogP contribution is 2.33. The second kappa shape index (κ2) is 11.6. The first-order valence-corrected chi connectivity index (χ1v) is 13.1. The van der Waals surface area contributed by atoms with E-state index < -0.39 is 5.82 Å². The van der Waals surface area contributed by atoms with Crippen LogP contribution < -0.4 is 14.9 Å². The summed E-state index contributed by atoms with van der Waals surface area (Å²) in [6.07, 6.45) is 1.98. The smallest absolute Gasteiger partial charge is 0.254 e. The van der Waals surface area contributed by atoms with Crippen molar-refractivity contribution in [3.63, 3.8) is 0 Å². The van der Waals surface area contributed by atoms with Gasteiger partial charge in [0.1, 0.15) is 17.9 Å². The van der Waals surface area contributed by atoms with Crippen LogP contribution in [0.5, 0.6) is 11.5 Å². The third-order valence-corrected chi connectivity index (χ3v) is 7.06. The highest BCUT2D eigenvalue weighted by molar-refractivity contribution is 5.97. The number of carbonyl (C=O) groups excluding carboxylic acids is 2. The molecule has 3 aromatic carbocycles. The lowest BCUT2D eigenvalue weighted by atomic mass is 10.1. The van der Waals surface area contributed by atoms with Gasteiger partial charge in [0, 0.05) is 18.2 Å². The van der Waals surface area contributed by atoms with Crippen molar-refractivity contribution in [3.05, 3.63) is 106 Å². The van der Waals surface area contributed by atoms with Crippen LogP contribution in [0.4, 0.5) is 4.39 Å². The second-order valence-corrected chi connectivity index (χ2v) is 9.72. The van der Waals surface area contributed by atoms with Gasteiger partial charge in [-0.2, -0.15) is 0 Å². The molecule has 1 aromatic heterocycles. The highest BCUT2D eigenvalue weighted by atomic mass is 19.1. The lowest BCUT2D eigenvalue weighted by Crippen LogP contribution is -2.46. The molecule has 0 fully saturated rings. The maximum Gasteiger partial charge on any atom is 0.254 e. The van der Waals surface area contributed by atoms with E-state index in [4.69, 9.17) is 13.9 Å². The van der Waals surface area contributed by atoms with Crippen molar-refractivity contribution >= 4 is 22.8 Å². The molecule has 0 bridgehead atoms. The Labute approximate surface area is 230 Å². The summed E-state index contributed by atoms with van der Waals surface area (Å²) in [6.45, 7) is 3.74. The van der Waals surface area contributed by atoms with E-state index in [1.54, 1.807) is 54.6 Å². The number of nitrogens with zero attached hydrogens (tertiary/aromatic N) is 2. The summed E-state index contributed by atoms with van der Waals surface area (Å²) in [7, 11) is 0. The van der Waals surface area contributed by atoms with Crippen molar-refractivity contribution in [3.8, 4) is 11.5 Å². The molecule has 1 unspecified atom stereocenters. The van der Waals surface area contributed by atoms with E-state index in [-0.39, 0.29) is 49.7 Å². The highest BCUT2D eigenvalue weighted by Gasteiger charge is 2.28. The average Bonchev–Trinajstić information content (AvgIpc) is 3.45. The van der Waals surface area contributed by atoms with Crippen molar-refractivity contribution in [2.24, 2.45) is 0 Å². The zero-order valence-electron chi connectivity index (χ0n) is 22.3. The zero-order chi connectivity index (χ0) is 28.2. The van der Waals surface area contributed by atoms with Crippen molar-refractivity contribution in [2.45, 2.75) is 39.4 Å². The topological polar surface area (TPSA) is 89.3 Å². The fraction of sp³-hybridized carbons (Fsp3) is 0.258. The van der Waals surface area contributed by atoms with E-state index in [0.29, 0.717) is 45.6 Å². The standard InChI is InChI=1S/C31H29FN2O6/c1-3-20(2)34(31(37)22-10-13-27-28(14-22)40-19-39-27)17-29(35)33(15-21-8-11-24(32)12-9-21)16-23-18-38-26-7-5-4-6-25(26)30(23)36/h4-14,18,20H,3,15-17,19H2,1-2H3. The third-order valence-electron chi connectivity index (χ3n) is 7.06. The van der Waals surface area contributed by atoms with E-state index in [2.05, 4.69) is 0 Å². The largest absolute Gasteiger partial charge is 0.464 e. The Morgan fingerprint density at radius 1 is 0.975 bits per heavy atom. The molecule has 0 aliphatic carbocycles. The molecule has 2 amide bonds. The molecule has 0 saturated carbocycles. The molecule has 0 N–H and O–H groups in total. The molecule has 1 atom stereocenters. The van der Waals surface area contributed by atoms with Crippen molar-refractivity contribution in [1.82, 2.24) is 9.80 Å². The van der Waals surface area contributed by atoms with Crippen LogP contribution in [0.1, 0.15) is 41.8 Å². The molecule has 1 aliphatic rings. The van der Waals surface area contributed by atoms with Gasteiger partial charge < -0.3 is 23.7 Å². The predicted octanol–water partition coefficient (Wildman–Crippen LogP) is 5.13. The molecule has 5 rings (SSSR count). The van der Waals surface area contributed by atoms with E-state index in [1.165, 1.54) is 28.2 Å². The SMILES string of the molecule is CCC(C)N(CC(=O)N(Cc1ccc(F)cc1)Cc1coc2ccccc2c1=O)C(=O)c1ccc2c(c1)OCO2. The molecular weight excluding hydrogens is 515 g/mol. The molecule has 40 heavy (non-hydrogen) atoms. The fourth-order valence-electron chi connectivity index (χ4n) is 4.56. The third kappa shape index (κ3) is 5.68. The van der Waals surface area contributed by atoms with Crippen LogP contribution in [0.2, 0.25) is 0 Å². The zero-order valence-corrected chi connectivity index (χ0v) is 22.3. The molecular formula is C31H29FN2O6. The van der Waals surface area contributed by atoms with Crippen LogP contribution in [0.3, 0.4) is 0 Å².